The second kappa shape index (κ2) is 12.9. The molecule has 0 rings (SSSR count). The summed E-state index contributed by atoms with van der Waals surface area (Å²) in [6, 6.07) is 0. The molecule has 0 saturated carbocycles. The number of rotatable bonds is 17. The standard InChI is InChI=1S/C16H34N4O6/c1-3-15(13-21,19(23)24)11-17-9-7-5-6-8-10-18-12-16(4-2,14-22)20(25)26/h17-18,21-22H,3-14H2,1-2H3. The topological polar surface area (TPSA) is 151 Å². The van der Waals surface area contributed by atoms with E-state index in [1.807, 2.05) is 0 Å². The summed E-state index contributed by atoms with van der Waals surface area (Å²) in [6.45, 7) is 4.01. The molecule has 0 aromatic carbocycles. The number of unbranched alkanes of at least 4 members (excludes halogenated alkanes) is 3. The zero-order valence-electron chi connectivity index (χ0n) is 15.9. The Hall–Kier alpha value is -1.36. The Labute approximate surface area is 154 Å². The Kier molecular flexibility index (Phi) is 12.2. The lowest BCUT2D eigenvalue weighted by atomic mass is 9.98. The Morgan fingerprint density at radius 1 is 0.769 bits per heavy atom. The van der Waals surface area contributed by atoms with Crippen molar-refractivity contribution in [3.05, 3.63) is 20.2 Å². The quantitative estimate of drug-likeness (QED) is 0.163. The van der Waals surface area contributed by atoms with Crippen LogP contribution in [0.5, 0.6) is 0 Å². The molecule has 0 aliphatic rings. The lowest BCUT2D eigenvalue weighted by molar-refractivity contribution is -0.572. The van der Waals surface area contributed by atoms with Crippen LogP contribution in [0.4, 0.5) is 0 Å². The molecule has 0 fully saturated rings. The van der Waals surface area contributed by atoms with Crippen LogP contribution in [0.25, 0.3) is 0 Å². The van der Waals surface area contributed by atoms with Crippen LogP contribution in [0.2, 0.25) is 0 Å². The molecule has 0 saturated heterocycles. The van der Waals surface area contributed by atoms with E-state index >= 15 is 0 Å². The SMILES string of the molecule is CCC(CO)(CNCCCCCCNCC(CC)(CO)[N+](=O)[O-])[N+](=O)[O-]. The predicted molar refractivity (Wildman–Crippen MR) is 98.4 cm³/mol. The fourth-order valence-electron chi connectivity index (χ4n) is 2.58. The maximum Gasteiger partial charge on any atom is 0.256 e. The van der Waals surface area contributed by atoms with E-state index in [-0.39, 0.29) is 25.9 Å². The fraction of sp³-hybridized carbons (Fsp3) is 1.00. The first-order chi connectivity index (χ1) is 12.3. The van der Waals surface area contributed by atoms with Crippen LogP contribution in [-0.4, -0.2) is 70.5 Å². The Morgan fingerprint density at radius 3 is 1.35 bits per heavy atom. The van der Waals surface area contributed by atoms with Crippen LogP contribution < -0.4 is 10.6 Å². The number of nitrogens with one attached hydrogen (secondary N) is 2. The van der Waals surface area contributed by atoms with Crippen LogP contribution in [0.1, 0.15) is 52.4 Å². The average Bonchev–Trinajstić information content (AvgIpc) is 2.63. The van der Waals surface area contributed by atoms with Crippen LogP contribution >= 0.6 is 0 Å². The predicted octanol–water partition coefficient (Wildman–Crippen LogP) is 0.562. The normalized spacial score (nSPS) is 16.0. The number of aliphatic hydroxyl groups is 2. The van der Waals surface area contributed by atoms with Gasteiger partial charge in [-0.15, -0.1) is 0 Å². The monoisotopic (exact) mass is 378 g/mol. The summed E-state index contributed by atoms with van der Waals surface area (Å²) in [7, 11) is 0. The summed E-state index contributed by atoms with van der Waals surface area (Å²) >= 11 is 0. The van der Waals surface area contributed by atoms with Crippen molar-refractivity contribution in [3.63, 3.8) is 0 Å². The van der Waals surface area contributed by atoms with Crippen molar-refractivity contribution in [3.8, 4) is 0 Å². The first kappa shape index (κ1) is 24.6. The molecule has 0 bridgehead atoms. The molecule has 0 aliphatic carbocycles. The molecule has 2 unspecified atom stereocenters. The summed E-state index contributed by atoms with van der Waals surface area (Å²) in [6.07, 6.45) is 4.17. The van der Waals surface area contributed by atoms with Crippen LogP contribution in [0.15, 0.2) is 0 Å². The molecule has 0 aromatic rings. The van der Waals surface area contributed by atoms with E-state index in [1.165, 1.54) is 0 Å². The van der Waals surface area contributed by atoms with E-state index in [4.69, 9.17) is 0 Å². The highest BCUT2D eigenvalue weighted by atomic mass is 16.6. The number of aliphatic hydroxyl groups excluding tert-OH is 2. The molecular weight excluding hydrogens is 344 g/mol. The van der Waals surface area contributed by atoms with Crippen molar-refractivity contribution < 1.29 is 20.1 Å². The van der Waals surface area contributed by atoms with Crippen molar-refractivity contribution >= 4 is 0 Å². The van der Waals surface area contributed by atoms with Gasteiger partial charge in [0.15, 0.2) is 0 Å². The Balaban J connectivity index is 3.80. The first-order valence-electron chi connectivity index (χ1n) is 9.26. The van der Waals surface area contributed by atoms with E-state index in [1.54, 1.807) is 13.8 Å². The Morgan fingerprint density at radius 2 is 1.12 bits per heavy atom. The third-order valence-electron chi connectivity index (χ3n) is 5.04. The zero-order chi connectivity index (χ0) is 20.1. The van der Waals surface area contributed by atoms with E-state index < -0.39 is 34.1 Å². The van der Waals surface area contributed by atoms with Gasteiger partial charge in [-0.2, -0.15) is 0 Å². The highest BCUT2D eigenvalue weighted by Crippen LogP contribution is 2.14. The van der Waals surface area contributed by atoms with Crippen LogP contribution in [0, 0.1) is 20.2 Å². The van der Waals surface area contributed by atoms with Gasteiger partial charge >= 0.3 is 0 Å². The molecule has 2 atom stereocenters. The molecule has 10 nitrogen and oxygen atoms in total. The first-order valence-corrected chi connectivity index (χ1v) is 9.26. The fourth-order valence-corrected chi connectivity index (χ4v) is 2.58. The Bertz CT molecular complexity index is 376. The molecule has 4 N–H and O–H groups in total. The van der Waals surface area contributed by atoms with Gasteiger partial charge in [-0.1, -0.05) is 26.7 Å². The number of hydrogen-bond donors (Lipinski definition) is 4. The highest BCUT2D eigenvalue weighted by molar-refractivity contribution is 4.80. The second-order valence-electron chi connectivity index (χ2n) is 6.75. The lowest BCUT2D eigenvalue weighted by Gasteiger charge is -2.22. The third-order valence-corrected chi connectivity index (χ3v) is 5.04. The largest absolute Gasteiger partial charge is 0.389 e. The molecule has 0 amide bonds. The number of nitro groups is 2. The third kappa shape index (κ3) is 7.48. The van der Waals surface area contributed by atoms with Gasteiger partial charge < -0.3 is 20.8 Å². The molecule has 0 spiro atoms. The molecule has 154 valence electrons. The molecular formula is C16H34N4O6. The van der Waals surface area contributed by atoms with Crippen molar-refractivity contribution in [1.29, 1.82) is 0 Å². The molecule has 10 heteroatoms. The smallest absolute Gasteiger partial charge is 0.256 e. The van der Waals surface area contributed by atoms with Crippen LogP contribution in [0.3, 0.4) is 0 Å². The minimum Gasteiger partial charge on any atom is -0.389 e. The molecule has 0 aliphatic heterocycles. The van der Waals surface area contributed by atoms with Crippen molar-refractivity contribution in [1.82, 2.24) is 10.6 Å². The minimum absolute atomic E-state index is 0.149. The van der Waals surface area contributed by atoms with Gasteiger partial charge in [0.25, 0.3) is 11.1 Å². The van der Waals surface area contributed by atoms with E-state index in [9.17, 15) is 30.4 Å². The van der Waals surface area contributed by atoms with Gasteiger partial charge in [0, 0.05) is 22.7 Å². The summed E-state index contributed by atoms with van der Waals surface area (Å²) < 4.78 is 0. The lowest BCUT2D eigenvalue weighted by Crippen LogP contribution is -2.50. The molecule has 26 heavy (non-hydrogen) atoms. The number of nitrogens with zero attached hydrogens (tertiary/aromatic N) is 2. The van der Waals surface area contributed by atoms with Gasteiger partial charge in [0.2, 0.25) is 0 Å². The van der Waals surface area contributed by atoms with Gasteiger partial charge in [-0.3, -0.25) is 20.2 Å². The molecule has 0 heterocycles. The zero-order valence-corrected chi connectivity index (χ0v) is 15.9. The maximum absolute atomic E-state index is 11.0. The summed E-state index contributed by atoms with van der Waals surface area (Å²) in [5.74, 6) is 0. The highest BCUT2D eigenvalue weighted by Gasteiger charge is 2.40. The molecule has 0 aromatic heterocycles. The molecule has 0 radical (unpaired) electrons. The van der Waals surface area contributed by atoms with Crippen LogP contribution in [-0.2, 0) is 0 Å². The summed E-state index contributed by atoms with van der Waals surface area (Å²) in [5.41, 5.74) is -2.61. The summed E-state index contributed by atoms with van der Waals surface area (Å²) in [5, 5.41) is 46.7. The van der Waals surface area contributed by atoms with E-state index in [0.717, 1.165) is 25.7 Å². The van der Waals surface area contributed by atoms with E-state index in [0.29, 0.717) is 13.1 Å². The number of hydrogen-bond acceptors (Lipinski definition) is 8. The van der Waals surface area contributed by atoms with Gasteiger partial charge in [-0.05, 0) is 25.9 Å². The average molecular weight is 378 g/mol. The van der Waals surface area contributed by atoms with Crippen molar-refractivity contribution in [2.75, 3.05) is 39.4 Å². The van der Waals surface area contributed by atoms with E-state index in [2.05, 4.69) is 10.6 Å². The van der Waals surface area contributed by atoms with Gasteiger partial charge in [0.05, 0.1) is 13.1 Å². The van der Waals surface area contributed by atoms with Gasteiger partial charge in [0.1, 0.15) is 13.2 Å². The van der Waals surface area contributed by atoms with Gasteiger partial charge in [-0.25, -0.2) is 0 Å². The van der Waals surface area contributed by atoms with Crippen molar-refractivity contribution in [2.45, 2.75) is 63.5 Å². The second-order valence-corrected chi connectivity index (χ2v) is 6.75. The van der Waals surface area contributed by atoms with Crippen molar-refractivity contribution in [2.24, 2.45) is 0 Å². The summed E-state index contributed by atoms with van der Waals surface area (Å²) in [4.78, 5) is 21.3. The maximum atomic E-state index is 11.0. The minimum atomic E-state index is -1.31.